The first kappa shape index (κ1) is 27.7. The Bertz CT molecular complexity index is 1830. The molecule has 0 saturated carbocycles. The summed E-state index contributed by atoms with van der Waals surface area (Å²) < 4.78 is 7.46. The van der Waals surface area contributed by atoms with Crippen LogP contribution in [-0.4, -0.2) is 62.4 Å². The van der Waals surface area contributed by atoms with Crippen LogP contribution in [-0.2, 0) is 0 Å². The number of anilines is 1. The summed E-state index contributed by atoms with van der Waals surface area (Å²) in [6.07, 6.45) is 8.13. The van der Waals surface area contributed by atoms with Crippen LogP contribution in [0, 0.1) is 0 Å². The van der Waals surface area contributed by atoms with Crippen molar-refractivity contribution in [2.75, 3.05) is 25.5 Å². The van der Waals surface area contributed by atoms with Gasteiger partial charge in [-0.3, -0.25) is 23.9 Å². The van der Waals surface area contributed by atoms with Crippen LogP contribution < -0.4 is 20.9 Å². The van der Waals surface area contributed by atoms with E-state index in [9.17, 15) is 14.4 Å². The highest BCUT2D eigenvalue weighted by Crippen LogP contribution is 2.30. The van der Waals surface area contributed by atoms with E-state index in [4.69, 9.17) is 4.74 Å². The number of carbonyl (C=O) groups is 2. The average Bonchev–Trinajstić information content (AvgIpc) is 3.03. The average molecular weight is 576 g/mol. The number of amides is 2. The fraction of sp³-hybridized carbons (Fsp3) is 0.188. The second-order valence-corrected chi connectivity index (χ2v) is 10.3. The maximum atomic E-state index is 12.9. The van der Waals surface area contributed by atoms with Crippen LogP contribution in [0.2, 0.25) is 0 Å². The number of aromatic nitrogens is 4. The Morgan fingerprint density at radius 2 is 1.72 bits per heavy atom. The zero-order valence-electron chi connectivity index (χ0n) is 23.4. The minimum absolute atomic E-state index is 0.0130. The van der Waals surface area contributed by atoms with Crippen molar-refractivity contribution in [3.63, 3.8) is 0 Å². The normalized spacial score (nSPS) is 13.9. The molecular formula is C32H29N7O4. The summed E-state index contributed by atoms with van der Waals surface area (Å²) in [5.74, 6) is 0.681. The van der Waals surface area contributed by atoms with E-state index >= 15 is 0 Å². The van der Waals surface area contributed by atoms with Crippen molar-refractivity contribution in [3.05, 3.63) is 113 Å². The van der Waals surface area contributed by atoms with Crippen LogP contribution in [0.4, 0.5) is 5.69 Å². The standard InChI is InChI=1S/C32H29N7O4/c1-38-17-12-22(13-18-38)37-31(41)26-19-25-27(20-35-26)33-15-11-28(25)43-23-9-7-21(8-10-23)36-30(40)24-5-4-16-39(32(24)42)29-6-2-3-14-34-29/h2-11,14-16,19-20,22H,12-13,17-18H2,1H3,(H,36,40)(H,37,41). The Balaban J connectivity index is 1.15. The van der Waals surface area contributed by atoms with Crippen molar-refractivity contribution in [2.24, 2.45) is 0 Å². The lowest BCUT2D eigenvalue weighted by Crippen LogP contribution is -2.43. The molecule has 11 nitrogen and oxygen atoms in total. The third-order valence-electron chi connectivity index (χ3n) is 7.30. The van der Waals surface area contributed by atoms with Gasteiger partial charge < -0.3 is 20.3 Å². The highest BCUT2D eigenvalue weighted by atomic mass is 16.5. The summed E-state index contributed by atoms with van der Waals surface area (Å²) in [6.45, 7) is 1.89. The van der Waals surface area contributed by atoms with E-state index in [2.05, 4.69) is 37.5 Å². The van der Waals surface area contributed by atoms with E-state index in [-0.39, 0.29) is 17.5 Å². The van der Waals surface area contributed by atoms with Crippen LogP contribution >= 0.6 is 0 Å². The monoisotopic (exact) mass is 575 g/mol. The molecule has 0 bridgehead atoms. The van der Waals surface area contributed by atoms with Crippen LogP contribution in [0.5, 0.6) is 11.5 Å². The van der Waals surface area contributed by atoms with Gasteiger partial charge in [0.05, 0.1) is 11.7 Å². The third-order valence-corrected chi connectivity index (χ3v) is 7.30. The van der Waals surface area contributed by atoms with Gasteiger partial charge in [0.15, 0.2) is 0 Å². The minimum atomic E-state index is -0.539. The smallest absolute Gasteiger partial charge is 0.270 e. The fourth-order valence-corrected chi connectivity index (χ4v) is 4.92. The number of nitrogens with zero attached hydrogens (tertiary/aromatic N) is 5. The number of ether oxygens (including phenoxy) is 1. The van der Waals surface area contributed by atoms with Gasteiger partial charge in [-0.25, -0.2) is 9.97 Å². The Hall–Kier alpha value is -5.42. The number of nitrogens with one attached hydrogen (secondary N) is 2. The van der Waals surface area contributed by atoms with Gasteiger partial charge in [0, 0.05) is 35.7 Å². The molecule has 0 unspecified atom stereocenters. The molecule has 2 amide bonds. The first-order valence-corrected chi connectivity index (χ1v) is 13.9. The van der Waals surface area contributed by atoms with Crippen molar-refractivity contribution >= 4 is 28.4 Å². The van der Waals surface area contributed by atoms with E-state index in [0.29, 0.717) is 39.6 Å². The molecule has 0 aliphatic carbocycles. The molecule has 1 aromatic carbocycles. The van der Waals surface area contributed by atoms with Gasteiger partial charge in [-0.2, -0.15) is 0 Å². The number of piperidine rings is 1. The second-order valence-electron chi connectivity index (χ2n) is 10.3. The topological polar surface area (TPSA) is 131 Å². The number of hydrogen-bond acceptors (Lipinski definition) is 8. The Morgan fingerprint density at radius 3 is 2.49 bits per heavy atom. The van der Waals surface area contributed by atoms with Crippen molar-refractivity contribution in [3.8, 4) is 17.3 Å². The molecule has 5 aromatic rings. The molecule has 0 atom stereocenters. The number of benzene rings is 1. The highest BCUT2D eigenvalue weighted by molar-refractivity contribution is 6.04. The summed E-state index contributed by atoms with van der Waals surface area (Å²) in [4.78, 5) is 53.9. The van der Waals surface area contributed by atoms with Gasteiger partial charge in [-0.05, 0) is 93.6 Å². The number of likely N-dealkylation sites (tertiary alicyclic amines) is 1. The molecule has 5 heterocycles. The quantitative estimate of drug-likeness (QED) is 0.297. The second kappa shape index (κ2) is 12.2. The van der Waals surface area contributed by atoms with E-state index in [1.54, 1.807) is 85.5 Å². The Labute approximate surface area is 247 Å². The van der Waals surface area contributed by atoms with Crippen LogP contribution in [0.3, 0.4) is 0 Å². The van der Waals surface area contributed by atoms with E-state index in [1.807, 2.05) is 0 Å². The molecule has 43 heavy (non-hydrogen) atoms. The molecule has 0 spiro atoms. The predicted molar refractivity (Wildman–Crippen MR) is 162 cm³/mol. The predicted octanol–water partition coefficient (Wildman–Crippen LogP) is 4.04. The Kier molecular flexibility index (Phi) is 7.88. The van der Waals surface area contributed by atoms with E-state index < -0.39 is 11.5 Å². The molecule has 1 saturated heterocycles. The summed E-state index contributed by atoms with van der Waals surface area (Å²) in [7, 11) is 2.08. The van der Waals surface area contributed by atoms with Gasteiger partial charge in [0.1, 0.15) is 28.6 Å². The van der Waals surface area contributed by atoms with Crippen LogP contribution in [0.1, 0.15) is 33.7 Å². The number of carbonyl (C=O) groups excluding carboxylic acids is 2. The lowest BCUT2D eigenvalue weighted by molar-refractivity contribution is 0.0911. The van der Waals surface area contributed by atoms with Gasteiger partial charge in [0.2, 0.25) is 0 Å². The number of pyridine rings is 4. The van der Waals surface area contributed by atoms with Gasteiger partial charge in [-0.1, -0.05) is 6.07 Å². The zero-order valence-corrected chi connectivity index (χ0v) is 23.4. The molecule has 0 radical (unpaired) electrons. The van der Waals surface area contributed by atoms with Crippen LogP contribution in [0.15, 0.2) is 96.3 Å². The molecule has 1 aliphatic heterocycles. The first-order valence-electron chi connectivity index (χ1n) is 13.9. The first-order chi connectivity index (χ1) is 20.9. The fourth-order valence-electron chi connectivity index (χ4n) is 4.92. The summed E-state index contributed by atoms with van der Waals surface area (Å²) >= 11 is 0. The van der Waals surface area contributed by atoms with Gasteiger partial charge in [0.25, 0.3) is 17.4 Å². The van der Waals surface area contributed by atoms with Crippen molar-refractivity contribution in [1.29, 1.82) is 0 Å². The van der Waals surface area contributed by atoms with E-state index in [1.165, 1.54) is 10.6 Å². The van der Waals surface area contributed by atoms with Crippen LogP contribution in [0.25, 0.3) is 16.7 Å². The van der Waals surface area contributed by atoms with E-state index in [0.717, 1.165) is 25.9 Å². The molecule has 216 valence electrons. The number of rotatable bonds is 7. The molecule has 11 heteroatoms. The maximum Gasteiger partial charge on any atom is 0.270 e. The summed E-state index contributed by atoms with van der Waals surface area (Å²) in [5, 5.41) is 6.50. The maximum absolute atomic E-state index is 12.9. The molecule has 2 N–H and O–H groups in total. The third kappa shape index (κ3) is 6.26. The molecule has 1 aliphatic rings. The highest BCUT2D eigenvalue weighted by Gasteiger charge is 2.20. The van der Waals surface area contributed by atoms with Gasteiger partial charge >= 0.3 is 0 Å². The van der Waals surface area contributed by atoms with Crippen molar-refractivity contribution in [1.82, 2.24) is 29.7 Å². The lowest BCUT2D eigenvalue weighted by Gasteiger charge is -2.29. The Morgan fingerprint density at radius 1 is 0.907 bits per heavy atom. The molecule has 1 fully saturated rings. The van der Waals surface area contributed by atoms with Crippen molar-refractivity contribution < 1.29 is 14.3 Å². The molecular weight excluding hydrogens is 546 g/mol. The van der Waals surface area contributed by atoms with Gasteiger partial charge in [-0.15, -0.1) is 0 Å². The number of hydrogen-bond donors (Lipinski definition) is 2. The number of fused-ring (bicyclic) bond motifs is 1. The SMILES string of the molecule is CN1CCC(NC(=O)c2cc3c(Oc4ccc(NC(=O)c5cccn(-c6ccccn6)c5=O)cc4)ccnc3cn2)CC1. The zero-order chi connectivity index (χ0) is 29.8. The molecule has 6 rings (SSSR count). The lowest BCUT2D eigenvalue weighted by atomic mass is 10.1. The summed E-state index contributed by atoms with van der Waals surface area (Å²) in [6, 6.07) is 18.6. The largest absolute Gasteiger partial charge is 0.457 e. The molecule has 4 aromatic heterocycles. The minimum Gasteiger partial charge on any atom is -0.457 e. The van der Waals surface area contributed by atoms with Crippen molar-refractivity contribution in [2.45, 2.75) is 18.9 Å². The summed E-state index contributed by atoms with van der Waals surface area (Å²) in [5.41, 5.74) is 0.890.